The highest BCUT2D eigenvalue weighted by molar-refractivity contribution is 9.10. The molecule has 0 spiro atoms. The lowest BCUT2D eigenvalue weighted by Gasteiger charge is -2.15. The van der Waals surface area contributed by atoms with E-state index in [1.54, 1.807) is 17.1 Å². The van der Waals surface area contributed by atoms with Crippen LogP contribution in [0.2, 0.25) is 0 Å². The Morgan fingerprint density at radius 3 is 2.71 bits per heavy atom. The van der Waals surface area contributed by atoms with Crippen LogP contribution in [-0.4, -0.2) is 21.7 Å². The molecule has 1 rings (SSSR count). The van der Waals surface area contributed by atoms with Crippen LogP contribution in [-0.2, 0) is 11.3 Å². The first-order valence-corrected chi connectivity index (χ1v) is 6.74. The molecule has 1 atom stereocenters. The fourth-order valence-corrected chi connectivity index (χ4v) is 1.88. The standard InChI is InChI=1S/C12H20BrN3O/c1-9(2)4-5-10(3)15-12(17)8-16-7-11(13)6-14-16/h6-7,9-10H,4-5,8H2,1-3H3,(H,15,17). The van der Waals surface area contributed by atoms with E-state index < -0.39 is 0 Å². The summed E-state index contributed by atoms with van der Waals surface area (Å²) in [5.41, 5.74) is 0. The van der Waals surface area contributed by atoms with Crippen LogP contribution in [0.1, 0.15) is 33.6 Å². The van der Waals surface area contributed by atoms with E-state index in [0.717, 1.165) is 17.3 Å². The van der Waals surface area contributed by atoms with E-state index in [1.165, 1.54) is 0 Å². The minimum atomic E-state index is 0.0110. The molecular weight excluding hydrogens is 282 g/mol. The third kappa shape index (κ3) is 5.86. The maximum atomic E-state index is 11.7. The molecule has 1 aromatic rings. The zero-order valence-electron chi connectivity index (χ0n) is 10.6. The predicted molar refractivity (Wildman–Crippen MR) is 71.6 cm³/mol. The largest absolute Gasteiger partial charge is 0.352 e. The van der Waals surface area contributed by atoms with E-state index in [2.05, 4.69) is 40.2 Å². The van der Waals surface area contributed by atoms with Crippen molar-refractivity contribution >= 4 is 21.8 Å². The van der Waals surface area contributed by atoms with Crippen molar-refractivity contribution in [2.75, 3.05) is 0 Å². The van der Waals surface area contributed by atoms with E-state index >= 15 is 0 Å². The van der Waals surface area contributed by atoms with Gasteiger partial charge in [0, 0.05) is 12.2 Å². The number of amides is 1. The third-order valence-corrected chi connectivity index (χ3v) is 2.90. The SMILES string of the molecule is CC(C)CCC(C)NC(=O)Cn1cc(Br)cn1. The quantitative estimate of drug-likeness (QED) is 0.878. The summed E-state index contributed by atoms with van der Waals surface area (Å²) in [6.45, 7) is 6.70. The molecule has 0 aliphatic rings. The monoisotopic (exact) mass is 301 g/mol. The van der Waals surface area contributed by atoms with Crippen molar-refractivity contribution in [1.82, 2.24) is 15.1 Å². The molecule has 5 heteroatoms. The fourth-order valence-electron chi connectivity index (χ4n) is 1.55. The van der Waals surface area contributed by atoms with Crippen molar-refractivity contribution in [1.29, 1.82) is 0 Å². The second kappa shape index (κ2) is 6.79. The molecule has 17 heavy (non-hydrogen) atoms. The topological polar surface area (TPSA) is 46.9 Å². The summed E-state index contributed by atoms with van der Waals surface area (Å²) < 4.78 is 2.51. The predicted octanol–water partition coefficient (Wildman–Crippen LogP) is 2.59. The molecule has 96 valence electrons. The van der Waals surface area contributed by atoms with E-state index in [0.29, 0.717) is 5.92 Å². The van der Waals surface area contributed by atoms with Gasteiger partial charge in [-0.2, -0.15) is 5.10 Å². The number of hydrogen-bond acceptors (Lipinski definition) is 2. The minimum absolute atomic E-state index is 0.0110. The summed E-state index contributed by atoms with van der Waals surface area (Å²) >= 11 is 3.30. The average Bonchev–Trinajstić information content (AvgIpc) is 2.60. The highest BCUT2D eigenvalue weighted by atomic mass is 79.9. The zero-order valence-corrected chi connectivity index (χ0v) is 12.2. The molecule has 0 fully saturated rings. The van der Waals surface area contributed by atoms with Gasteiger partial charge in [-0.3, -0.25) is 9.48 Å². The molecule has 0 saturated heterocycles. The van der Waals surface area contributed by atoms with Crippen LogP contribution < -0.4 is 5.32 Å². The maximum Gasteiger partial charge on any atom is 0.241 e. The van der Waals surface area contributed by atoms with Crippen LogP contribution in [0.3, 0.4) is 0 Å². The van der Waals surface area contributed by atoms with Crippen LogP contribution in [0.5, 0.6) is 0 Å². The van der Waals surface area contributed by atoms with Gasteiger partial charge < -0.3 is 5.32 Å². The zero-order chi connectivity index (χ0) is 12.8. The molecule has 0 saturated carbocycles. The average molecular weight is 302 g/mol. The molecule has 0 radical (unpaired) electrons. The van der Waals surface area contributed by atoms with Crippen molar-refractivity contribution in [2.45, 2.75) is 46.2 Å². The normalized spacial score (nSPS) is 12.8. The van der Waals surface area contributed by atoms with Gasteiger partial charge >= 0.3 is 0 Å². The van der Waals surface area contributed by atoms with Gasteiger partial charge in [-0.15, -0.1) is 0 Å². The maximum absolute atomic E-state index is 11.7. The summed E-state index contributed by atoms with van der Waals surface area (Å²) in [7, 11) is 0. The lowest BCUT2D eigenvalue weighted by atomic mass is 10.0. The first-order valence-electron chi connectivity index (χ1n) is 5.94. The van der Waals surface area contributed by atoms with Gasteiger partial charge in [-0.1, -0.05) is 13.8 Å². The Morgan fingerprint density at radius 2 is 2.18 bits per heavy atom. The van der Waals surface area contributed by atoms with Gasteiger partial charge in [0.1, 0.15) is 6.54 Å². The Morgan fingerprint density at radius 1 is 1.47 bits per heavy atom. The molecule has 0 aliphatic carbocycles. The molecule has 1 amide bonds. The van der Waals surface area contributed by atoms with Crippen LogP contribution in [0, 0.1) is 5.92 Å². The molecular formula is C12H20BrN3O. The van der Waals surface area contributed by atoms with E-state index in [4.69, 9.17) is 0 Å². The highest BCUT2D eigenvalue weighted by Gasteiger charge is 2.09. The number of rotatable bonds is 6. The van der Waals surface area contributed by atoms with Crippen molar-refractivity contribution in [3.8, 4) is 0 Å². The molecule has 1 heterocycles. The number of aromatic nitrogens is 2. The Labute approximate surface area is 111 Å². The smallest absolute Gasteiger partial charge is 0.241 e. The Kier molecular flexibility index (Phi) is 5.68. The van der Waals surface area contributed by atoms with Gasteiger partial charge in [0.2, 0.25) is 5.91 Å². The van der Waals surface area contributed by atoms with Gasteiger partial charge in [0.25, 0.3) is 0 Å². The van der Waals surface area contributed by atoms with Crippen LogP contribution >= 0.6 is 15.9 Å². The van der Waals surface area contributed by atoms with Crippen molar-refractivity contribution in [2.24, 2.45) is 5.92 Å². The molecule has 1 unspecified atom stereocenters. The van der Waals surface area contributed by atoms with E-state index in [9.17, 15) is 4.79 Å². The lowest BCUT2D eigenvalue weighted by Crippen LogP contribution is -2.35. The third-order valence-electron chi connectivity index (χ3n) is 2.49. The first-order chi connectivity index (χ1) is 7.97. The molecule has 1 N–H and O–H groups in total. The number of hydrogen-bond donors (Lipinski definition) is 1. The Hall–Kier alpha value is -0.840. The number of nitrogens with zero attached hydrogens (tertiary/aromatic N) is 2. The van der Waals surface area contributed by atoms with Crippen molar-refractivity contribution in [3.05, 3.63) is 16.9 Å². The summed E-state index contributed by atoms with van der Waals surface area (Å²) in [5.74, 6) is 0.688. The summed E-state index contributed by atoms with van der Waals surface area (Å²) in [6.07, 6.45) is 5.62. The summed E-state index contributed by atoms with van der Waals surface area (Å²) in [4.78, 5) is 11.7. The van der Waals surface area contributed by atoms with Gasteiger partial charge in [0.05, 0.1) is 10.7 Å². The minimum Gasteiger partial charge on any atom is -0.352 e. The van der Waals surface area contributed by atoms with Crippen molar-refractivity contribution < 1.29 is 4.79 Å². The van der Waals surface area contributed by atoms with Gasteiger partial charge in [-0.25, -0.2) is 0 Å². The molecule has 0 bridgehead atoms. The molecule has 1 aromatic heterocycles. The van der Waals surface area contributed by atoms with Crippen LogP contribution in [0.4, 0.5) is 0 Å². The Balaban J connectivity index is 2.29. The number of nitrogens with one attached hydrogen (secondary N) is 1. The van der Waals surface area contributed by atoms with Gasteiger partial charge in [0.15, 0.2) is 0 Å². The van der Waals surface area contributed by atoms with Crippen LogP contribution in [0.25, 0.3) is 0 Å². The summed E-state index contributed by atoms with van der Waals surface area (Å²) in [5, 5.41) is 7.02. The lowest BCUT2D eigenvalue weighted by molar-refractivity contribution is -0.122. The number of carbonyl (C=O) groups is 1. The van der Waals surface area contributed by atoms with Crippen molar-refractivity contribution in [3.63, 3.8) is 0 Å². The van der Waals surface area contributed by atoms with Crippen LogP contribution in [0.15, 0.2) is 16.9 Å². The fraction of sp³-hybridized carbons (Fsp3) is 0.667. The second-order valence-electron chi connectivity index (χ2n) is 4.80. The van der Waals surface area contributed by atoms with E-state index in [-0.39, 0.29) is 18.5 Å². The number of halogens is 1. The Bertz CT molecular complexity index is 362. The summed E-state index contributed by atoms with van der Waals surface area (Å²) in [6, 6.07) is 0.226. The first kappa shape index (κ1) is 14.2. The molecule has 4 nitrogen and oxygen atoms in total. The van der Waals surface area contributed by atoms with Gasteiger partial charge in [-0.05, 0) is 41.6 Å². The van der Waals surface area contributed by atoms with E-state index in [1.807, 2.05) is 6.92 Å². The molecule has 0 aliphatic heterocycles. The second-order valence-corrected chi connectivity index (χ2v) is 5.71. The molecule has 0 aromatic carbocycles. The number of carbonyl (C=O) groups excluding carboxylic acids is 1. The highest BCUT2D eigenvalue weighted by Crippen LogP contribution is 2.07.